The lowest BCUT2D eigenvalue weighted by atomic mass is 10.2. The molecule has 1 nitrogen and oxygen atoms in total. The van der Waals surface area contributed by atoms with Crippen LogP contribution in [0.3, 0.4) is 0 Å². The van der Waals surface area contributed by atoms with Crippen molar-refractivity contribution in [1.29, 1.82) is 0 Å². The highest BCUT2D eigenvalue weighted by Gasteiger charge is 1.93. The minimum atomic E-state index is 0.0995. The molecule has 0 rings (SSSR count). The van der Waals surface area contributed by atoms with E-state index in [2.05, 4.69) is 15.9 Å². The lowest BCUT2D eigenvalue weighted by Crippen LogP contribution is -1.88. The van der Waals surface area contributed by atoms with Crippen LogP contribution >= 0.6 is 15.9 Å². The van der Waals surface area contributed by atoms with E-state index in [1.165, 1.54) is 5.57 Å². The summed E-state index contributed by atoms with van der Waals surface area (Å²) < 4.78 is 0.996. The Labute approximate surface area is 84.3 Å². The summed E-state index contributed by atoms with van der Waals surface area (Å²) in [6.45, 7) is 10.0. The van der Waals surface area contributed by atoms with Crippen molar-refractivity contribution >= 4 is 15.9 Å². The molecule has 0 aliphatic rings. The minimum Gasteiger partial charge on any atom is -0.392 e. The molecule has 2 heteroatoms. The summed E-state index contributed by atoms with van der Waals surface area (Å²) in [6.07, 6.45) is 1.96. The Morgan fingerprint density at radius 1 is 1.25 bits per heavy atom. The van der Waals surface area contributed by atoms with Gasteiger partial charge in [0, 0.05) is 0 Å². The first-order valence-electron chi connectivity index (χ1n) is 4.19. The van der Waals surface area contributed by atoms with Crippen LogP contribution in [0.4, 0.5) is 0 Å². The van der Waals surface area contributed by atoms with E-state index >= 15 is 0 Å². The minimum absolute atomic E-state index is 0.0995. The number of hydrogen-bond donors (Lipinski definition) is 1. The molecule has 1 N–H and O–H groups in total. The maximum Gasteiger partial charge on any atom is 0.0689 e. The van der Waals surface area contributed by atoms with Gasteiger partial charge in [0.2, 0.25) is 0 Å². The average molecular weight is 235 g/mol. The van der Waals surface area contributed by atoms with E-state index in [1.54, 1.807) is 0 Å². The van der Waals surface area contributed by atoms with Gasteiger partial charge in [-0.15, -0.1) is 0 Å². The Balaban J connectivity index is 0. The highest BCUT2D eigenvalue weighted by atomic mass is 79.9. The van der Waals surface area contributed by atoms with Crippen molar-refractivity contribution in [1.82, 2.24) is 0 Å². The van der Waals surface area contributed by atoms with Crippen molar-refractivity contribution in [3.8, 4) is 0 Å². The van der Waals surface area contributed by atoms with E-state index < -0.39 is 0 Å². The van der Waals surface area contributed by atoms with Crippen LogP contribution in [0.1, 0.15) is 34.6 Å². The summed E-state index contributed by atoms with van der Waals surface area (Å²) in [5.74, 6) is 0. The monoisotopic (exact) mass is 234 g/mol. The molecule has 0 atom stereocenters. The van der Waals surface area contributed by atoms with Gasteiger partial charge in [0.1, 0.15) is 0 Å². The molecule has 0 saturated carbocycles. The number of allylic oxidation sites excluding steroid dienone is 2. The van der Waals surface area contributed by atoms with Crippen LogP contribution in [-0.4, -0.2) is 11.7 Å². The second kappa shape index (κ2) is 9.01. The van der Waals surface area contributed by atoms with Crippen LogP contribution in [0.2, 0.25) is 0 Å². The van der Waals surface area contributed by atoms with Gasteiger partial charge in [-0.1, -0.05) is 41.4 Å². The van der Waals surface area contributed by atoms with E-state index in [-0.39, 0.29) is 6.61 Å². The van der Waals surface area contributed by atoms with Crippen molar-refractivity contribution in [2.75, 3.05) is 6.61 Å². The van der Waals surface area contributed by atoms with Crippen LogP contribution in [0.15, 0.2) is 21.7 Å². The zero-order valence-electron chi connectivity index (χ0n) is 8.61. The highest BCUT2D eigenvalue weighted by Crippen LogP contribution is 2.12. The van der Waals surface area contributed by atoms with Crippen molar-refractivity contribution in [3.05, 3.63) is 21.7 Å². The smallest absolute Gasteiger partial charge is 0.0689 e. The number of aliphatic hydroxyl groups is 1. The topological polar surface area (TPSA) is 20.2 Å². The Hall–Kier alpha value is -0.0800. The second-order valence-corrected chi connectivity index (χ2v) is 3.63. The zero-order valence-corrected chi connectivity index (χ0v) is 10.2. The maximum atomic E-state index is 8.81. The quantitative estimate of drug-likeness (QED) is 0.724. The SMILES string of the molecule is CC.CC(C)=C/C(CO)=C(\C)Br. The third kappa shape index (κ3) is 8.02. The lowest BCUT2D eigenvalue weighted by Gasteiger charge is -1.98. The molecule has 0 fully saturated rings. The zero-order chi connectivity index (χ0) is 10.1. The van der Waals surface area contributed by atoms with Gasteiger partial charge in [0.05, 0.1) is 6.61 Å². The van der Waals surface area contributed by atoms with E-state index in [4.69, 9.17) is 5.11 Å². The molecule has 0 aromatic heterocycles. The van der Waals surface area contributed by atoms with E-state index in [9.17, 15) is 0 Å². The maximum absolute atomic E-state index is 8.81. The van der Waals surface area contributed by atoms with Crippen LogP contribution in [0, 0.1) is 0 Å². The molecule has 0 spiro atoms. The third-order valence-electron chi connectivity index (χ3n) is 1.08. The van der Waals surface area contributed by atoms with Crippen LogP contribution < -0.4 is 0 Å². The first-order chi connectivity index (χ1) is 5.57. The second-order valence-electron chi connectivity index (χ2n) is 2.44. The molecule has 0 unspecified atom stereocenters. The number of halogens is 1. The molecule has 0 radical (unpaired) electrons. The van der Waals surface area contributed by atoms with Gasteiger partial charge in [-0.25, -0.2) is 0 Å². The molecule has 0 heterocycles. The van der Waals surface area contributed by atoms with E-state index in [0.717, 1.165) is 10.1 Å². The Bertz CT molecular complexity index is 161. The fraction of sp³-hybridized carbons (Fsp3) is 0.600. The Morgan fingerprint density at radius 3 is 1.75 bits per heavy atom. The van der Waals surface area contributed by atoms with Gasteiger partial charge in [0.15, 0.2) is 0 Å². The fourth-order valence-corrected chi connectivity index (χ4v) is 0.842. The van der Waals surface area contributed by atoms with Gasteiger partial charge in [-0.05, 0) is 30.8 Å². The molecule has 12 heavy (non-hydrogen) atoms. The predicted molar refractivity (Wildman–Crippen MR) is 59.5 cm³/mol. The van der Waals surface area contributed by atoms with Gasteiger partial charge < -0.3 is 5.11 Å². The van der Waals surface area contributed by atoms with Gasteiger partial charge in [0.25, 0.3) is 0 Å². The first kappa shape index (κ1) is 14.4. The van der Waals surface area contributed by atoms with E-state index in [1.807, 2.05) is 40.7 Å². The van der Waals surface area contributed by atoms with Crippen molar-refractivity contribution in [2.24, 2.45) is 0 Å². The van der Waals surface area contributed by atoms with Crippen LogP contribution in [0.5, 0.6) is 0 Å². The van der Waals surface area contributed by atoms with Gasteiger partial charge >= 0.3 is 0 Å². The number of rotatable bonds is 2. The summed E-state index contributed by atoms with van der Waals surface area (Å²) in [5, 5.41) is 8.81. The molecule has 0 aliphatic heterocycles. The normalized spacial score (nSPS) is 10.9. The number of hydrogen-bond acceptors (Lipinski definition) is 1. The fourth-order valence-electron chi connectivity index (χ4n) is 0.602. The predicted octanol–water partition coefficient (Wildman–Crippen LogP) is 3.64. The molecule has 0 bridgehead atoms. The molecular formula is C10H19BrO. The van der Waals surface area contributed by atoms with Crippen LogP contribution in [0.25, 0.3) is 0 Å². The van der Waals surface area contributed by atoms with E-state index in [0.29, 0.717) is 0 Å². The summed E-state index contributed by atoms with van der Waals surface area (Å²) in [4.78, 5) is 0. The third-order valence-corrected chi connectivity index (χ3v) is 1.59. The largest absolute Gasteiger partial charge is 0.392 e. The molecule has 0 aromatic carbocycles. The van der Waals surface area contributed by atoms with Gasteiger partial charge in [-0.3, -0.25) is 0 Å². The molecule has 0 amide bonds. The summed E-state index contributed by atoms with van der Waals surface area (Å²) in [5.41, 5.74) is 2.14. The molecule has 72 valence electrons. The standard InChI is InChI=1S/C8H13BrO.C2H6/c1-6(2)4-8(5-10)7(3)9;1-2/h4,10H,5H2,1-3H3;1-2H3/b8-7-;. The summed E-state index contributed by atoms with van der Waals surface area (Å²) in [7, 11) is 0. The van der Waals surface area contributed by atoms with Gasteiger partial charge in [-0.2, -0.15) is 0 Å². The Morgan fingerprint density at radius 2 is 1.67 bits per heavy atom. The molecule has 0 aliphatic carbocycles. The molecule has 0 saturated heterocycles. The summed E-state index contributed by atoms with van der Waals surface area (Å²) >= 11 is 3.30. The molecule has 0 aromatic rings. The van der Waals surface area contributed by atoms with Crippen LogP contribution in [-0.2, 0) is 0 Å². The number of aliphatic hydroxyl groups excluding tert-OH is 1. The first-order valence-corrected chi connectivity index (χ1v) is 4.98. The summed E-state index contributed by atoms with van der Waals surface area (Å²) in [6, 6.07) is 0. The van der Waals surface area contributed by atoms with Crippen molar-refractivity contribution in [2.45, 2.75) is 34.6 Å². The lowest BCUT2D eigenvalue weighted by molar-refractivity contribution is 0.334. The highest BCUT2D eigenvalue weighted by molar-refractivity contribution is 9.11. The van der Waals surface area contributed by atoms with Crippen molar-refractivity contribution in [3.63, 3.8) is 0 Å². The Kier molecular flexibility index (Phi) is 10.8. The van der Waals surface area contributed by atoms with Crippen molar-refractivity contribution < 1.29 is 5.11 Å². The average Bonchev–Trinajstić information content (AvgIpc) is 2.03. The molecular weight excluding hydrogens is 216 g/mol.